The first kappa shape index (κ1) is 8.70. The van der Waals surface area contributed by atoms with E-state index in [1.807, 2.05) is 12.1 Å². The number of hydrogen-bond acceptors (Lipinski definition) is 2. The standard InChI is InChI=1S/C8H11N3O/c1-6(9)10-7-4-2-3-5-8(7)11-12/h2-5,11-12H,1H3,(H2,9,10)/p+1. The molecule has 1 aromatic carbocycles. The second-order valence-corrected chi connectivity index (χ2v) is 2.44. The molecule has 0 aliphatic carbocycles. The van der Waals surface area contributed by atoms with Crippen LogP contribution in [0.4, 0.5) is 11.4 Å². The third kappa shape index (κ3) is 2.05. The number of para-hydroxylation sites is 2. The summed E-state index contributed by atoms with van der Waals surface area (Å²) in [6, 6.07) is 7.22. The van der Waals surface area contributed by atoms with Gasteiger partial charge in [-0.2, -0.15) is 5.48 Å². The van der Waals surface area contributed by atoms with Crippen LogP contribution in [-0.2, 0) is 0 Å². The van der Waals surface area contributed by atoms with E-state index in [2.05, 4.69) is 4.99 Å². The molecule has 1 aromatic rings. The lowest BCUT2D eigenvalue weighted by Crippen LogP contribution is -2.73. The Kier molecular flexibility index (Phi) is 2.79. The van der Waals surface area contributed by atoms with Crippen LogP contribution in [0, 0.1) is 0 Å². The Balaban J connectivity index is 3.05. The summed E-state index contributed by atoms with van der Waals surface area (Å²) in [5, 5.41) is 8.80. The number of nitrogens with zero attached hydrogens (tertiary/aromatic N) is 1. The van der Waals surface area contributed by atoms with Gasteiger partial charge in [-0.15, -0.1) is 0 Å². The average molecular weight is 166 g/mol. The van der Waals surface area contributed by atoms with E-state index >= 15 is 0 Å². The van der Waals surface area contributed by atoms with Crippen molar-refractivity contribution in [3.8, 4) is 0 Å². The third-order valence-corrected chi connectivity index (χ3v) is 1.37. The molecule has 64 valence electrons. The minimum Gasteiger partial charge on any atom is -0.387 e. The van der Waals surface area contributed by atoms with Crippen LogP contribution in [0.15, 0.2) is 29.3 Å². The van der Waals surface area contributed by atoms with Gasteiger partial charge in [0.15, 0.2) is 5.69 Å². The van der Waals surface area contributed by atoms with Gasteiger partial charge in [-0.25, -0.2) is 10.2 Å². The molecule has 0 aromatic heterocycles. The van der Waals surface area contributed by atoms with Gasteiger partial charge in [0.25, 0.3) is 0 Å². The van der Waals surface area contributed by atoms with E-state index in [-0.39, 0.29) is 0 Å². The summed E-state index contributed by atoms with van der Waals surface area (Å²) in [6.45, 7) is 1.70. The minimum atomic E-state index is 0.476. The molecular formula is C8H12N3O+. The molecule has 0 bridgehead atoms. The maximum atomic E-state index is 8.80. The Hall–Kier alpha value is -1.39. The second-order valence-electron chi connectivity index (χ2n) is 2.44. The highest BCUT2D eigenvalue weighted by Crippen LogP contribution is 2.18. The van der Waals surface area contributed by atoms with Gasteiger partial charge in [0.1, 0.15) is 5.69 Å². The number of hydrogen-bond donors (Lipinski definition) is 3. The number of rotatable bonds is 2. The van der Waals surface area contributed by atoms with Crippen LogP contribution in [0.1, 0.15) is 6.92 Å². The van der Waals surface area contributed by atoms with Crippen molar-refractivity contribution in [3.05, 3.63) is 24.3 Å². The van der Waals surface area contributed by atoms with Crippen molar-refractivity contribution in [2.45, 2.75) is 6.92 Å². The fraction of sp³-hybridized carbons (Fsp3) is 0.125. The van der Waals surface area contributed by atoms with Crippen LogP contribution >= 0.6 is 0 Å². The molecule has 0 aliphatic heterocycles. The minimum absolute atomic E-state index is 0.476. The molecule has 0 heterocycles. The zero-order valence-corrected chi connectivity index (χ0v) is 6.86. The summed E-state index contributed by atoms with van der Waals surface area (Å²) >= 11 is 0. The SMILES string of the molecule is CC(N)=Nc1ccccc1[NH2+]O. The molecular weight excluding hydrogens is 154 g/mol. The molecule has 1 rings (SSSR count). The summed E-state index contributed by atoms with van der Waals surface area (Å²) in [5.74, 6) is 0.476. The third-order valence-electron chi connectivity index (χ3n) is 1.37. The summed E-state index contributed by atoms with van der Waals surface area (Å²) in [6.07, 6.45) is 0. The smallest absolute Gasteiger partial charge is 0.187 e. The van der Waals surface area contributed by atoms with E-state index in [9.17, 15) is 0 Å². The van der Waals surface area contributed by atoms with Crippen molar-refractivity contribution in [2.24, 2.45) is 10.7 Å². The molecule has 0 spiro atoms. The summed E-state index contributed by atoms with van der Waals surface area (Å²) in [4.78, 5) is 4.03. The summed E-state index contributed by atoms with van der Waals surface area (Å²) in [7, 11) is 0. The van der Waals surface area contributed by atoms with Gasteiger partial charge < -0.3 is 5.73 Å². The predicted octanol–water partition coefficient (Wildman–Crippen LogP) is 0.279. The van der Waals surface area contributed by atoms with Crippen molar-refractivity contribution in [2.75, 3.05) is 0 Å². The number of nitrogens with two attached hydrogens (primary N) is 2. The van der Waals surface area contributed by atoms with Gasteiger partial charge in [-0.05, 0) is 13.0 Å². The summed E-state index contributed by atoms with van der Waals surface area (Å²) in [5.41, 5.74) is 7.77. The quantitative estimate of drug-likeness (QED) is 0.255. The van der Waals surface area contributed by atoms with Gasteiger partial charge >= 0.3 is 0 Å². The molecule has 4 nitrogen and oxygen atoms in total. The number of aliphatic imine (C=N–C) groups is 1. The summed E-state index contributed by atoms with van der Waals surface area (Å²) < 4.78 is 0. The van der Waals surface area contributed by atoms with E-state index in [4.69, 9.17) is 10.9 Å². The lowest BCUT2D eigenvalue weighted by molar-refractivity contribution is -0.825. The average Bonchev–Trinajstić information content (AvgIpc) is 2.04. The molecule has 5 N–H and O–H groups in total. The van der Waals surface area contributed by atoms with E-state index in [1.54, 1.807) is 19.1 Å². The zero-order chi connectivity index (χ0) is 8.97. The fourth-order valence-electron chi connectivity index (χ4n) is 0.889. The lowest BCUT2D eigenvalue weighted by Gasteiger charge is -1.97. The van der Waals surface area contributed by atoms with Crippen LogP contribution in [-0.4, -0.2) is 11.0 Å². The van der Waals surface area contributed by atoms with E-state index in [0.717, 1.165) is 5.48 Å². The first-order chi connectivity index (χ1) is 5.74. The van der Waals surface area contributed by atoms with Crippen molar-refractivity contribution < 1.29 is 10.7 Å². The predicted molar refractivity (Wildman–Crippen MR) is 46.8 cm³/mol. The van der Waals surface area contributed by atoms with Gasteiger partial charge in [0.2, 0.25) is 0 Å². The van der Waals surface area contributed by atoms with Gasteiger partial charge in [-0.1, -0.05) is 12.1 Å². The largest absolute Gasteiger partial charge is 0.387 e. The Morgan fingerprint density at radius 3 is 2.75 bits per heavy atom. The van der Waals surface area contributed by atoms with Crippen LogP contribution in [0.3, 0.4) is 0 Å². The normalized spacial score (nSPS) is 11.7. The Morgan fingerprint density at radius 1 is 1.50 bits per heavy atom. The fourth-order valence-corrected chi connectivity index (χ4v) is 0.889. The first-order valence-electron chi connectivity index (χ1n) is 3.61. The van der Waals surface area contributed by atoms with Crippen LogP contribution in [0.2, 0.25) is 0 Å². The molecule has 0 saturated carbocycles. The Bertz CT molecular complexity index is 292. The highest BCUT2D eigenvalue weighted by Gasteiger charge is 2.01. The zero-order valence-electron chi connectivity index (χ0n) is 6.86. The van der Waals surface area contributed by atoms with Crippen molar-refractivity contribution in [1.82, 2.24) is 0 Å². The molecule has 0 fully saturated rings. The highest BCUT2D eigenvalue weighted by atomic mass is 16.5. The van der Waals surface area contributed by atoms with Crippen molar-refractivity contribution in [3.63, 3.8) is 0 Å². The molecule has 0 unspecified atom stereocenters. The molecule has 0 radical (unpaired) electrons. The van der Waals surface area contributed by atoms with Gasteiger partial charge in [0, 0.05) is 6.07 Å². The molecule has 12 heavy (non-hydrogen) atoms. The van der Waals surface area contributed by atoms with Crippen LogP contribution in [0.5, 0.6) is 0 Å². The molecule has 4 heteroatoms. The Morgan fingerprint density at radius 2 is 2.17 bits per heavy atom. The van der Waals surface area contributed by atoms with E-state index in [0.29, 0.717) is 17.2 Å². The number of amidine groups is 1. The maximum Gasteiger partial charge on any atom is 0.187 e. The second kappa shape index (κ2) is 3.85. The molecule has 0 atom stereocenters. The van der Waals surface area contributed by atoms with Crippen LogP contribution < -0.4 is 11.2 Å². The molecule has 0 saturated heterocycles. The van der Waals surface area contributed by atoms with Crippen molar-refractivity contribution in [1.29, 1.82) is 0 Å². The van der Waals surface area contributed by atoms with Gasteiger partial charge in [-0.3, -0.25) is 0 Å². The Labute approximate surface area is 70.7 Å². The monoisotopic (exact) mass is 166 g/mol. The van der Waals surface area contributed by atoms with E-state index in [1.165, 1.54) is 0 Å². The highest BCUT2D eigenvalue weighted by molar-refractivity contribution is 5.82. The molecule has 0 amide bonds. The maximum absolute atomic E-state index is 8.80. The van der Waals surface area contributed by atoms with Gasteiger partial charge in [0.05, 0.1) is 5.84 Å². The van der Waals surface area contributed by atoms with Crippen LogP contribution in [0.25, 0.3) is 0 Å². The first-order valence-corrected chi connectivity index (χ1v) is 3.61. The topological polar surface area (TPSA) is 75.2 Å². The van der Waals surface area contributed by atoms with E-state index < -0.39 is 0 Å². The number of quaternary nitrogens is 1. The lowest BCUT2D eigenvalue weighted by atomic mass is 10.3. The van der Waals surface area contributed by atoms with Crippen molar-refractivity contribution >= 4 is 17.2 Å². The number of benzene rings is 1. The molecule has 0 aliphatic rings.